The van der Waals surface area contributed by atoms with E-state index in [-0.39, 0.29) is 18.6 Å². The van der Waals surface area contributed by atoms with Gasteiger partial charge in [-0.3, -0.25) is 4.79 Å². The number of hydrogen-bond acceptors (Lipinski definition) is 4. The van der Waals surface area contributed by atoms with Crippen molar-refractivity contribution in [2.45, 2.75) is 25.9 Å². The minimum Gasteiger partial charge on any atom is -0.452 e. The molecule has 130 valence electrons. The van der Waals surface area contributed by atoms with Crippen molar-refractivity contribution in [3.63, 3.8) is 0 Å². The second kappa shape index (κ2) is 6.48. The lowest BCUT2D eigenvalue weighted by molar-refractivity contribution is -0.141. The number of esters is 1. The van der Waals surface area contributed by atoms with Gasteiger partial charge in [0.25, 0.3) is 5.91 Å². The highest BCUT2D eigenvalue weighted by Gasteiger charge is 2.24. The van der Waals surface area contributed by atoms with Gasteiger partial charge in [0.15, 0.2) is 6.61 Å². The van der Waals surface area contributed by atoms with E-state index in [9.17, 15) is 9.59 Å². The van der Waals surface area contributed by atoms with E-state index >= 15 is 0 Å². The van der Waals surface area contributed by atoms with Gasteiger partial charge in [0.2, 0.25) is 0 Å². The Labute approximate surface area is 146 Å². The fourth-order valence-electron chi connectivity index (χ4n) is 3.77. The number of carbonyl (C=O) groups is 2. The van der Waals surface area contributed by atoms with Crippen LogP contribution in [0.25, 0.3) is 10.8 Å². The Bertz CT molecular complexity index is 835. The monoisotopic (exact) mass is 339 g/mol. The predicted molar refractivity (Wildman–Crippen MR) is 93.6 cm³/mol. The Balaban J connectivity index is 1.49. The standard InChI is InChI=1S/C20H21NO4/c1-13-11-21(9-10-24-13)18(22)12-25-20(23)17-8-7-15-6-5-14-3-2-4-16(17)19(14)15/h2-4,7-8,13H,5-6,9-12H2,1H3. The number of hydrogen-bond donors (Lipinski definition) is 0. The van der Waals surface area contributed by atoms with E-state index in [0.717, 1.165) is 18.2 Å². The average molecular weight is 339 g/mol. The first-order chi connectivity index (χ1) is 12.1. The second-order valence-corrected chi connectivity index (χ2v) is 6.71. The van der Waals surface area contributed by atoms with Crippen LogP contribution in [0.3, 0.4) is 0 Å². The maximum atomic E-state index is 12.5. The number of aryl methyl sites for hydroxylation is 2. The minimum absolute atomic E-state index is 0.0184. The highest BCUT2D eigenvalue weighted by atomic mass is 16.5. The van der Waals surface area contributed by atoms with Crippen LogP contribution in [0.4, 0.5) is 0 Å². The van der Waals surface area contributed by atoms with Gasteiger partial charge in [-0.15, -0.1) is 0 Å². The summed E-state index contributed by atoms with van der Waals surface area (Å²) in [7, 11) is 0. The van der Waals surface area contributed by atoms with Crippen molar-refractivity contribution in [1.82, 2.24) is 4.90 Å². The van der Waals surface area contributed by atoms with E-state index in [1.54, 1.807) is 4.90 Å². The summed E-state index contributed by atoms with van der Waals surface area (Å²) in [4.78, 5) is 26.5. The van der Waals surface area contributed by atoms with Crippen LogP contribution in [0, 0.1) is 0 Å². The van der Waals surface area contributed by atoms with Gasteiger partial charge in [0.05, 0.1) is 18.3 Å². The molecule has 1 aliphatic heterocycles. The zero-order valence-corrected chi connectivity index (χ0v) is 14.3. The lowest BCUT2D eigenvalue weighted by Crippen LogP contribution is -2.46. The Hall–Kier alpha value is -2.40. The summed E-state index contributed by atoms with van der Waals surface area (Å²) in [6, 6.07) is 9.86. The van der Waals surface area contributed by atoms with Crippen LogP contribution >= 0.6 is 0 Å². The van der Waals surface area contributed by atoms with E-state index in [2.05, 4.69) is 6.07 Å². The van der Waals surface area contributed by atoms with Crippen LogP contribution in [0.5, 0.6) is 0 Å². The number of morpholine rings is 1. The van der Waals surface area contributed by atoms with Crippen LogP contribution in [0.1, 0.15) is 28.4 Å². The van der Waals surface area contributed by atoms with Crippen molar-refractivity contribution in [1.29, 1.82) is 0 Å². The molecular formula is C20H21NO4. The van der Waals surface area contributed by atoms with Gasteiger partial charge in [0, 0.05) is 13.1 Å². The molecule has 4 rings (SSSR count). The molecule has 0 N–H and O–H groups in total. The molecule has 2 aromatic rings. The van der Waals surface area contributed by atoms with E-state index in [1.807, 2.05) is 31.2 Å². The number of ether oxygens (including phenoxy) is 2. The van der Waals surface area contributed by atoms with E-state index < -0.39 is 5.97 Å². The molecule has 5 heteroatoms. The van der Waals surface area contributed by atoms with Crippen molar-refractivity contribution in [3.05, 3.63) is 47.0 Å². The first kappa shape index (κ1) is 16.1. The maximum absolute atomic E-state index is 12.5. The first-order valence-corrected chi connectivity index (χ1v) is 8.73. The highest BCUT2D eigenvalue weighted by molar-refractivity contribution is 6.07. The van der Waals surface area contributed by atoms with Crippen LogP contribution < -0.4 is 0 Å². The Morgan fingerprint density at radius 2 is 2.00 bits per heavy atom. The smallest absolute Gasteiger partial charge is 0.339 e. The summed E-state index contributed by atoms with van der Waals surface area (Å²) in [5.41, 5.74) is 3.09. The van der Waals surface area contributed by atoms with Gasteiger partial charge in [-0.25, -0.2) is 4.79 Å². The second-order valence-electron chi connectivity index (χ2n) is 6.71. The van der Waals surface area contributed by atoms with Gasteiger partial charge in [0.1, 0.15) is 0 Å². The molecule has 0 saturated carbocycles. The summed E-state index contributed by atoms with van der Waals surface area (Å²) >= 11 is 0. The maximum Gasteiger partial charge on any atom is 0.339 e. The van der Waals surface area contributed by atoms with E-state index in [1.165, 1.54) is 16.5 Å². The summed E-state index contributed by atoms with van der Waals surface area (Å²) in [5.74, 6) is -0.611. The molecule has 1 fully saturated rings. The number of rotatable bonds is 3. The number of amides is 1. The summed E-state index contributed by atoms with van der Waals surface area (Å²) in [6.45, 7) is 3.31. The molecule has 25 heavy (non-hydrogen) atoms. The van der Waals surface area contributed by atoms with Gasteiger partial charge in [-0.2, -0.15) is 0 Å². The highest BCUT2D eigenvalue weighted by Crippen LogP contribution is 2.33. The Kier molecular flexibility index (Phi) is 4.17. The van der Waals surface area contributed by atoms with Gasteiger partial charge < -0.3 is 14.4 Å². The first-order valence-electron chi connectivity index (χ1n) is 8.73. The van der Waals surface area contributed by atoms with Crippen molar-refractivity contribution >= 4 is 22.6 Å². The molecule has 0 aromatic heterocycles. The molecule has 5 nitrogen and oxygen atoms in total. The molecule has 1 amide bonds. The van der Waals surface area contributed by atoms with E-state index in [4.69, 9.17) is 9.47 Å². The molecule has 0 spiro atoms. The molecule has 1 unspecified atom stereocenters. The third kappa shape index (κ3) is 3.00. The zero-order chi connectivity index (χ0) is 17.4. The zero-order valence-electron chi connectivity index (χ0n) is 14.3. The van der Waals surface area contributed by atoms with Crippen LogP contribution in [-0.4, -0.2) is 49.2 Å². The number of nitrogens with zero attached hydrogens (tertiary/aromatic N) is 1. The third-order valence-electron chi connectivity index (χ3n) is 5.02. The normalized spacial score (nSPS) is 19.2. The molecule has 1 heterocycles. The molecule has 0 bridgehead atoms. The fraction of sp³-hybridized carbons (Fsp3) is 0.400. The molecule has 0 radical (unpaired) electrons. The summed E-state index contributed by atoms with van der Waals surface area (Å²) < 4.78 is 10.7. The van der Waals surface area contributed by atoms with Gasteiger partial charge in [-0.1, -0.05) is 24.3 Å². The van der Waals surface area contributed by atoms with Crippen molar-refractivity contribution in [2.24, 2.45) is 0 Å². The predicted octanol–water partition coefficient (Wildman–Crippen LogP) is 2.34. The number of carbonyl (C=O) groups excluding carboxylic acids is 2. The van der Waals surface area contributed by atoms with Gasteiger partial charge in [-0.05, 0) is 47.7 Å². The SMILES string of the molecule is CC1CN(C(=O)COC(=O)c2ccc3c4c(cccc24)CC3)CCO1. The molecule has 1 atom stereocenters. The lowest BCUT2D eigenvalue weighted by atomic mass is 10.00. The average Bonchev–Trinajstić information content (AvgIpc) is 3.05. The van der Waals surface area contributed by atoms with Crippen LogP contribution in [0.2, 0.25) is 0 Å². The molecule has 1 saturated heterocycles. The third-order valence-corrected chi connectivity index (χ3v) is 5.02. The molecule has 2 aliphatic rings. The topological polar surface area (TPSA) is 55.8 Å². The van der Waals surface area contributed by atoms with Gasteiger partial charge >= 0.3 is 5.97 Å². The van der Waals surface area contributed by atoms with Crippen molar-refractivity contribution < 1.29 is 19.1 Å². The lowest BCUT2D eigenvalue weighted by Gasteiger charge is -2.30. The van der Waals surface area contributed by atoms with Crippen LogP contribution in [0.15, 0.2) is 30.3 Å². The van der Waals surface area contributed by atoms with Crippen molar-refractivity contribution in [2.75, 3.05) is 26.3 Å². The Morgan fingerprint density at radius 1 is 1.20 bits per heavy atom. The quantitative estimate of drug-likeness (QED) is 0.806. The largest absolute Gasteiger partial charge is 0.452 e. The minimum atomic E-state index is -0.440. The molecule has 2 aromatic carbocycles. The summed E-state index contributed by atoms with van der Waals surface area (Å²) in [6.07, 6.45) is 2.04. The number of benzene rings is 2. The van der Waals surface area contributed by atoms with Crippen molar-refractivity contribution in [3.8, 4) is 0 Å². The fourth-order valence-corrected chi connectivity index (χ4v) is 3.77. The Morgan fingerprint density at radius 3 is 2.80 bits per heavy atom. The van der Waals surface area contributed by atoms with Crippen LogP contribution in [-0.2, 0) is 27.1 Å². The molecule has 1 aliphatic carbocycles. The molecular weight excluding hydrogens is 318 g/mol. The van der Waals surface area contributed by atoms with E-state index in [0.29, 0.717) is 25.3 Å². The summed E-state index contributed by atoms with van der Waals surface area (Å²) in [5, 5.41) is 2.09.